The summed E-state index contributed by atoms with van der Waals surface area (Å²) in [6.07, 6.45) is 1.72. The second-order valence-electron chi connectivity index (χ2n) is 4.42. The van der Waals surface area contributed by atoms with E-state index in [0.717, 1.165) is 4.88 Å². The van der Waals surface area contributed by atoms with E-state index in [2.05, 4.69) is 4.99 Å². The van der Waals surface area contributed by atoms with Gasteiger partial charge >= 0.3 is 5.97 Å². The number of benzene rings is 1. The van der Waals surface area contributed by atoms with Gasteiger partial charge in [-0.2, -0.15) is 0 Å². The molecule has 0 atom stereocenters. The number of esters is 1. The summed E-state index contributed by atoms with van der Waals surface area (Å²) in [4.78, 5) is 17.1. The predicted molar refractivity (Wildman–Crippen MR) is 77.5 cm³/mol. The highest BCUT2D eigenvalue weighted by atomic mass is 32.1. The fourth-order valence-electron chi connectivity index (χ4n) is 2.07. The molecule has 2 aromatic rings. The number of aliphatic imine (C=N–C) groups is 1. The molecule has 6 heteroatoms. The first-order chi connectivity index (χ1) is 10.3. The van der Waals surface area contributed by atoms with Crippen molar-refractivity contribution < 1.29 is 19.0 Å². The minimum absolute atomic E-state index is 0.203. The monoisotopic (exact) mass is 299 g/mol. The zero-order valence-corrected chi connectivity index (χ0v) is 11.6. The van der Waals surface area contributed by atoms with Crippen molar-refractivity contribution in [2.24, 2.45) is 4.99 Å². The number of hydrogen-bond donors (Lipinski definition) is 0. The van der Waals surface area contributed by atoms with Gasteiger partial charge in [0, 0.05) is 10.4 Å². The molecule has 1 aromatic carbocycles. The molecule has 0 saturated carbocycles. The Hall–Kier alpha value is -2.60. The summed E-state index contributed by atoms with van der Waals surface area (Å²) < 4.78 is 15.8. The number of fused-ring (bicyclic) bond motifs is 1. The number of thiophene rings is 1. The minimum atomic E-state index is -0.448. The Balaban J connectivity index is 1.68. The van der Waals surface area contributed by atoms with E-state index in [4.69, 9.17) is 14.2 Å². The van der Waals surface area contributed by atoms with Crippen LogP contribution in [-0.4, -0.2) is 18.7 Å². The SMILES string of the molecule is O=C1OC(c2ccc3c(c2)OCO3)=N/C1=C\c1cccs1. The molecule has 104 valence electrons. The largest absolute Gasteiger partial charge is 0.454 e. The molecular weight excluding hydrogens is 290 g/mol. The van der Waals surface area contributed by atoms with E-state index in [1.807, 2.05) is 17.5 Å². The van der Waals surface area contributed by atoms with Crippen LogP contribution in [0.4, 0.5) is 0 Å². The Morgan fingerprint density at radius 3 is 2.95 bits per heavy atom. The third kappa shape index (κ3) is 2.19. The third-order valence-electron chi connectivity index (χ3n) is 3.06. The van der Waals surface area contributed by atoms with Gasteiger partial charge in [-0.3, -0.25) is 0 Å². The van der Waals surface area contributed by atoms with Gasteiger partial charge in [-0.15, -0.1) is 11.3 Å². The number of rotatable bonds is 2. The van der Waals surface area contributed by atoms with Crippen LogP contribution in [0.3, 0.4) is 0 Å². The highest BCUT2D eigenvalue weighted by Crippen LogP contribution is 2.33. The molecule has 0 bridgehead atoms. The van der Waals surface area contributed by atoms with Gasteiger partial charge in [-0.25, -0.2) is 9.79 Å². The van der Waals surface area contributed by atoms with Crippen LogP contribution in [-0.2, 0) is 9.53 Å². The van der Waals surface area contributed by atoms with Crippen molar-refractivity contribution in [3.05, 3.63) is 51.8 Å². The highest BCUT2D eigenvalue weighted by molar-refractivity contribution is 7.10. The van der Waals surface area contributed by atoms with E-state index in [1.165, 1.54) is 11.3 Å². The van der Waals surface area contributed by atoms with Crippen LogP contribution >= 0.6 is 11.3 Å². The van der Waals surface area contributed by atoms with Gasteiger partial charge in [0.15, 0.2) is 17.2 Å². The Labute approximate surface area is 124 Å². The molecule has 3 heterocycles. The summed E-state index contributed by atoms with van der Waals surface area (Å²) in [5.74, 6) is 1.14. The van der Waals surface area contributed by atoms with Crippen LogP contribution in [0, 0.1) is 0 Å². The van der Waals surface area contributed by atoms with Crippen molar-refractivity contribution in [3.63, 3.8) is 0 Å². The first-order valence-corrected chi connectivity index (χ1v) is 7.14. The molecule has 21 heavy (non-hydrogen) atoms. The number of hydrogen-bond acceptors (Lipinski definition) is 6. The van der Waals surface area contributed by atoms with Gasteiger partial charge in [-0.05, 0) is 35.7 Å². The van der Waals surface area contributed by atoms with Crippen LogP contribution in [0.1, 0.15) is 10.4 Å². The van der Waals surface area contributed by atoms with Crippen molar-refractivity contribution in [2.45, 2.75) is 0 Å². The molecule has 2 aliphatic rings. The quantitative estimate of drug-likeness (QED) is 0.632. The summed E-state index contributed by atoms with van der Waals surface area (Å²) in [5, 5.41) is 1.94. The number of carbonyl (C=O) groups excluding carboxylic acids is 1. The Bertz CT molecular complexity index is 777. The molecule has 0 amide bonds. The van der Waals surface area contributed by atoms with E-state index >= 15 is 0 Å². The fraction of sp³-hybridized carbons (Fsp3) is 0.0667. The second-order valence-corrected chi connectivity index (χ2v) is 5.40. The third-order valence-corrected chi connectivity index (χ3v) is 3.88. The fourth-order valence-corrected chi connectivity index (χ4v) is 2.72. The van der Waals surface area contributed by atoms with Gasteiger partial charge in [0.1, 0.15) is 0 Å². The van der Waals surface area contributed by atoms with Crippen LogP contribution in [0.25, 0.3) is 6.08 Å². The summed E-state index contributed by atoms with van der Waals surface area (Å²) >= 11 is 1.54. The number of nitrogens with zero attached hydrogens (tertiary/aromatic N) is 1. The molecular formula is C15H9NO4S. The van der Waals surface area contributed by atoms with Crippen molar-refractivity contribution in [2.75, 3.05) is 6.79 Å². The Morgan fingerprint density at radius 1 is 1.19 bits per heavy atom. The molecule has 5 nitrogen and oxygen atoms in total. The lowest BCUT2D eigenvalue weighted by Gasteiger charge is -2.01. The summed E-state index contributed by atoms with van der Waals surface area (Å²) in [6.45, 7) is 0.203. The molecule has 0 unspecified atom stereocenters. The summed E-state index contributed by atoms with van der Waals surface area (Å²) in [6, 6.07) is 9.14. The maximum absolute atomic E-state index is 11.9. The molecule has 0 aliphatic carbocycles. The van der Waals surface area contributed by atoms with Crippen LogP contribution < -0.4 is 9.47 Å². The molecule has 0 spiro atoms. The van der Waals surface area contributed by atoms with Crippen LogP contribution in [0.5, 0.6) is 11.5 Å². The summed E-state index contributed by atoms with van der Waals surface area (Å²) in [5.41, 5.74) is 0.979. The molecule has 0 N–H and O–H groups in total. The number of carbonyl (C=O) groups is 1. The second kappa shape index (κ2) is 4.75. The summed E-state index contributed by atoms with van der Waals surface area (Å²) in [7, 11) is 0. The van der Waals surface area contributed by atoms with Gasteiger partial charge in [0.25, 0.3) is 0 Å². The average Bonchev–Trinajstić information content (AvgIpc) is 3.20. The van der Waals surface area contributed by atoms with Gasteiger partial charge in [0.05, 0.1) is 0 Å². The van der Waals surface area contributed by atoms with Crippen molar-refractivity contribution in [1.29, 1.82) is 0 Å². The molecule has 4 rings (SSSR count). The lowest BCUT2D eigenvalue weighted by atomic mass is 10.2. The topological polar surface area (TPSA) is 57.1 Å². The van der Waals surface area contributed by atoms with E-state index < -0.39 is 5.97 Å². The normalized spacial score (nSPS) is 18.0. The molecule has 0 radical (unpaired) electrons. The lowest BCUT2D eigenvalue weighted by molar-refractivity contribution is -0.129. The smallest absolute Gasteiger partial charge is 0.363 e. The minimum Gasteiger partial charge on any atom is -0.454 e. The zero-order valence-electron chi connectivity index (χ0n) is 10.7. The Kier molecular flexibility index (Phi) is 2.75. The first kappa shape index (κ1) is 12.2. The Morgan fingerprint density at radius 2 is 2.10 bits per heavy atom. The van der Waals surface area contributed by atoms with E-state index in [-0.39, 0.29) is 12.7 Å². The van der Waals surface area contributed by atoms with Gasteiger partial charge in [0.2, 0.25) is 12.7 Å². The zero-order chi connectivity index (χ0) is 14.2. The average molecular weight is 299 g/mol. The highest BCUT2D eigenvalue weighted by Gasteiger charge is 2.25. The molecule has 2 aliphatic heterocycles. The van der Waals surface area contributed by atoms with Crippen LogP contribution in [0.15, 0.2) is 46.4 Å². The standard InChI is InChI=1S/C15H9NO4S/c17-15-11(7-10-2-1-5-21-10)16-14(20-15)9-3-4-12-13(6-9)19-8-18-12/h1-7H,8H2/b11-7-. The van der Waals surface area contributed by atoms with E-state index in [9.17, 15) is 4.79 Å². The van der Waals surface area contributed by atoms with Crippen molar-refractivity contribution in [3.8, 4) is 11.5 Å². The molecule has 0 saturated heterocycles. The van der Waals surface area contributed by atoms with Crippen LogP contribution in [0.2, 0.25) is 0 Å². The number of cyclic esters (lactones) is 1. The van der Waals surface area contributed by atoms with Gasteiger partial charge < -0.3 is 14.2 Å². The maximum atomic E-state index is 11.9. The van der Waals surface area contributed by atoms with Gasteiger partial charge in [-0.1, -0.05) is 6.07 Å². The van der Waals surface area contributed by atoms with Crippen molar-refractivity contribution in [1.82, 2.24) is 0 Å². The lowest BCUT2D eigenvalue weighted by Crippen LogP contribution is -2.05. The molecule has 0 fully saturated rings. The van der Waals surface area contributed by atoms with E-state index in [1.54, 1.807) is 24.3 Å². The maximum Gasteiger partial charge on any atom is 0.363 e. The van der Waals surface area contributed by atoms with E-state index in [0.29, 0.717) is 22.8 Å². The van der Waals surface area contributed by atoms with Crippen molar-refractivity contribution >= 4 is 29.3 Å². The first-order valence-electron chi connectivity index (χ1n) is 6.26. The predicted octanol–water partition coefficient (Wildman–Crippen LogP) is 2.82. The molecule has 1 aromatic heterocycles. The number of ether oxygens (including phenoxy) is 3.